The van der Waals surface area contributed by atoms with Crippen molar-refractivity contribution in [3.8, 4) is 0 Å². The SMILES string of the molecule is C[C@@H](OCc1ccccc1)c1cc(F)ccc1N/C(=C\C(=N)C(F)F)C(O)c1cc(CC(F)F)nn1C. The van der Waals surface area contributed by atoms with Crippen LogP contribution in [0.5, 0.6) is 0 Å². The van der Waals surface area contributed by atoms with Crippen molar-refractivity contribution in [2.45, 2.75) is 45.0 Å². The third-order valence-electron chi connectivity index (χ3n) is 5.52. The molecule has 1 unspecified atom stereocenters. The molecular formula is C26H27F5N4O2. The summed E-state index contributed by atoms with van der Waals surface area (Å²) in [5.41, 5.74) is 0.157. The zero-order chi connectivity index (χ0) is 27.1. The fourth-order valence-corrected chi connectivity index (χ4v) is 3.65. The Hall–Kier alpha value is -3.57. The molecule has 0 aliphatic heterocycles. The zero-order valence-electron chi connectivity index (χ0n) is 20.1. The molecule has 11 heteroatoms. The lowest BCUT2D eigenvalue weighted by molar-refractivity contribution is 0.0528. The second kappa shape index (κ2) is 12.6. The van der Waals surface area contributed by atoms with E-state index in [-0.39, 0.29) is 29.4 Å². The van der Waals surface area contributed by atoms with Crippen molar-refractivity contribution in [3.63, 3.8) is 0 Å². The Morgan fingerprint density at radius 2 is 1.84 bits per heavy atom. The maximum absolute atomic E-state index is 14.2. The largest absolute Gasteiger partial charge is 0.381 e. The first kappa shape index (κ1) is 28.0. The number of aryl methyl sites for hydroxylation is 1. The third-order valence-corrected chi connectivity index (χ3v) is 5.52. The maximum Gasteiger partial charge on any atom is 0.279 e. The summed E-state index contributed by atoms with van der Waals surface area (Å²) in [6, 6.07) is 14.2. The Balaban J connectivity index is 1.93. The van der Waals surface area contributed by atoms with E-state index >= 15 is 0 Å². The van der Waals surface area contributed by atoms with Crippen LogP contribution in [0.4, 0.5) is 27.6 Å². The molecule has 0 amide bonds. The van der Waals surface area contributed by atoms with Gasteiger partial charge < -0.3 is 15.2 Å². The smallest absolute Gasteiger partial charge is 0.279 e. The average molecular weight is 523 g/mol. The number of hydrogen-bond acceptors (Lipinski definition) is 5. The van der Waals surface area contributed by atoms with Crippen LogP contribution in [-0.4, -0.2) is 33.4 Å². The lowest BCUT2D eigenvalue weighted by Crippen LogP contribution is -2.18. The molecule has 0 bridgehead atoms. The topological polar surface area (TPSA) is 83.2 Å². The van der Waals surface area contributed by atoms with Gasteiger partial charge in [0.15, 0.2) is 0 Å². The summed E-state index contributed by atoms with van der Waals surface area (Å²) < 4.78 is 73.2. The van der Waals surface area contributed by atoms with Gasteiger partial charge in [0.05, 0.1) is 41.9 Å². The van der Waals surface area contributed by atoms with Crippen LogP contribution in [0.2, 0.25) is 0 Å². The maximum atomic E-state index is 14.2. The van der Waals surface area contributed by atoms with Gasteiger partial charge in [-0.2, -0.15) is 5.10 Å². The van der Waals surface area contributed by atoms with E-state index in [4.69, 9.17) is 10.1 Å². The van der Waals surface area contributed by atoms with Crippen molar-refractivity contribution in [1.82, 2.24) is 9.78 Å². The van der Waals surface area contributed by atoms with Crippen molar-refractivity contribution in [2.24, 2.45) is 7.05 Å². The Labute approximate surface area is 210 Å². The van der Waals surface area contributed by atoms with Gasteiger partial charge in [-0.15, -0.1) is 0 Å². The lowest BCUT2D eigenvalue weighted by Gasteiger charge is -2.22. The molecule has 37 heavy (non-hydrogen) atoms. The Morgan fingerprint density at radius 1 is 1.14 bits per heavy atom. The van der Waals surface area contributed by atoms with E-state index in [0.717, 1.165) is 22.4 Å². The average Bonchev–Trinajstić information content (AvgIpc) is 3.22. The third kappa shape index (κ3) is 7.70. The highest BCUT2D eigenvalue weighted by Crippen LogP contribution is 2.31. The first-order valence-corrected chi connectivity index (χ1v) is 11.3. The van der Waals surface area contributed by atoms with Crippen LogP contribution in [0.1, 0.15) is 41.6 Å². The zero-order valence-corrected chi connectivity index (χ0v) is 20.1. The van der Waals surface area contributed by atoms with Crippen LogP contribution >= 0.6 is 0 Å². The first-order valence-electron chi connectivity index (χ1n) is 11.3. The lowest BCUT2D eigenvalue weighted by atomic mass is 10.1. The molecule has 0 aliphatic rings. The van der Waals surface area contributed by atoms with Crippen molar-refractivity contribution in [2.75, 3.05) is 5.32 Å². The number of anilines is 1. The number of nitrogens with zero attached hydrogens (tertiary/aromatic N) is 2. The number of ether oxygens (including phenoxy) is 1. The minimum atomic E-state index is -3.13. The number of allylic oxidation sites excluding steroid dienone is 1. The minimum Gasteiger partial charge on any atom is -0.381 e. The van der Waals surface area contributed by atoms with Gasteiger partial charge in [0.25, 0.3) is 6.43 Å². The van der Waals surface area contributed by atoms with Crippen LogP contribution in [0.25, 0.3) is 0 Å². The number of hydrogen-bond donors (Lipinski definition) is 3. The summed E-state index contributed by atoms with van der Waals surface area (Å²) in [5, 5.41) is 25.4. The molecule has 1 heterocycles. The minimum absolute atomic E-state index is 0.000224. The highest BCUT2D eigenvalue weighted by Gasteiger charge is 2.24. The molecule has 6 nitrogen and oxygen atoms in total. The van der Waals surface area contributed by atoms with Crippen LogP contribution in [0.15, 0.2) is 66.4 Å². The quantitative estimate of drug-likeness (QED) is 0.203. The van der Waals surface area contributed by atoms with Gasteiger partial charge in [0, 0.05) is 18.3 Å². The highest BCUT2D eigenvalue weighted by atomic mass is 19.3. The monoisotopic (exact) mass is 522 g/mol. The summed E-state index contributed by atoms with van der Waals surface area (Å²) in [7, 11) is 1.41. The Kier molecular flexibility index (Phi) is 9.54. The first-order chi connectivity index (χ1) is 17.5. The van der Waals surface area contributed by atoms with Crippen molar-refractivity contribution < 1.29 is 31.8 Å². The van der Waals surface area contributed by atoms with Crippen LogP contribution in [-0.2, 0) is 24.8 Å². The number of aliphatic hydroxyl groups is 1. The van der Waals surface area contributed by atoms with E-state index in [1.807, 2.05) is 30.3 Å². The second-order valence-corrected chi connectivity index (χ2v) is 8.33. The number of aliphatic hydroxyl groups excluding tert-OH is 1. The van der Waals surface area contributed by atoms with E-state index in [1.54, 1.807) is 6.92 Å². The molecule has 0 aliphatic carbocycles. The molecule has 3 N–H and O–H groups in total. The summed E-state index contributed by atoms with van der Waals surface area (Å²) in [5.74, 6) is -0.564. The molecule has 0 radical (unpaired) electrons. The van der Waals surface area contributed by atoms with Gasteiger partial charge in [-0.3, -0.25) is 10.1 Å². The van der Waals surface area contributed by atoms with E-state index in [9.17, 15) is 27.1 Å². The molecule has 2 atom stereocenters. The molecule has 198 valence electrons. The van der Waals surface area contributed by atoms with Gasteiger partial charge >= 0.3 is 0 Å². The number of rotatable bonds is 12. The van der Waals surface area contributed by atoms with Crippen molar-refractivity contribution in [3.05, 3.63) is 94.7 Å². The van der Waals surface area contributed by atoms with Gasteiger partial charge in [-0.1, -0.05) is 30.3 Å². The van der Waals surface area contributed by atoms with Gasteiger partial charge in [0.2, 0.25) is 6.43 Å². The van der Waals surface area contributed by atoms with E-state index in [1.165, 1.54) is 25.2 Å². The van der Waals surface area contributed by atoms with E-state index in [0.29, 0.717) is 5.56 Å². The molecule has 2 aromatic carbocycles. The molecule has 0 saturated carbocycles. The molecule has 1 aromatic heterocycles. The summed E-state index contributed by atoms with van der Waals surface area (Å²) >= 11 is 0. The summed E-state index contributed by atoms with van der Waals surface area (Å²) in [6.45, 7) is 1.91. The molecular weight excluding hydrogens is 495 g/mol. The van der Waals surface area contributed by atoms with Crippen molar-refractivity contribution in [1.29, 1.82) is 5.41 Å². The standard InChI is InChI=1S/C26H27F5N4O2/c1-15(37-14-16-6-4-3-5-7-16)19-10-17(27)8-9-21(19)33-22(13-20(32)26(30)31)25(36)23-11-18(12-24(28)29)34-35(23)2/h3-11,13,15,24-26,32-33,36H,12,14H2,1-2H3/b22-13-,32-20?/t15-,25?/m1/s1. The van der Waals surface area contributed by atoms with E-state index in [2.05, 4.69) is 10.4 Å². The number of benzene rings is 2. The summed E-state index contributed by atoms with van der Waals surface area (Å²) in [6.07, 6.45) is -8.00. The number of nitrogens with one attached hydrogen (secondary N) is 2. The Bertz CT molecular complexity index is 1230. The summed E-state index contributed by atoms with van der Waals surface area (Å²) in [4.78, 5) is 0. The van der Waals surface area contributed by atoms with Gasteiger partial charge in [0.1, 0.15) is 11.9 Å². The van der Waals surface area contributed by atoms with Crippen LogP contribution in [0.3, 0.4) is 0 Å². The van der Waals surface area contributed by atoms with Crippen LogP contribution in [0, 0.1) is 11.2 Å². The molecule has 3 rings (SSSR count). The molecule has 0 fully saturated rings. The van der Waals surface area contributed by atoms with Crippen molar-refractivity contribution >= 4 is 11.4 Å². The van der Waals surface area contributed by atoms with E-state index < -0.39 is 43.0 Å². The fraction of sp³-hybridized carbons (Fsp3) is 0.308. The number of alkyl halides is 4. The normalized spacial score (nSPS) is 13.7. The van der Waals surface area contributed by atoms with Crippen LogP contribution < -0.4 is 5.32 Å². The Morgan fingerprint density at radius 3 is 2.49 bits per heavy atom. The fourth-order valence-electron chi connectivity index (χ4n) is 3.65. The van der Waals surface area contributed by atoms with Gasteiger partial charge in [-0.05, 0) is 42.8 Å². The van der Waals surface area contributed by atoms with Gasteiger partial charge in [-0.25, -0.2) is 22.0 Å². The highest BCUT2D eigenvalue weighted by molar-refractivity contribution is 5.96. The predicted octanol–water partition coefficient (Wildman–Crippen LogP) is 5.96. The molecule has 3 aromatic rings. The predicted molar refractivity (Wildman–Crippen MR) is 129 cm³/mol. The second-order valence-electron chi connectivity index (χ2n) is 8.33. The number of halogens is 5. The number of aromatic nitrogens is 2. The molecule has 0 spiro atoms. The molecule has 0 saturated heterocycles.